The van der Waals surface area contributed by atoms with E-state index in [0.717, 1.165) is 5.56 Å². The zero-order valence-electron chi connectivity index (χ0n) is 9.21. The van der Waals surface area contributed by atoms with E-state index in [1.54, 1.807) is 0 Å². The van der Waals surface area contributed by atoms with Crippen molar-refractivity contribution in [3.63, 3.8) is 0 Å². The van der Waals surface area contributed by atoms with Crippen molar-refractivity contribution in [1.29, 1.82) is 0 Å². The highest BCUT2D eigenvalue weighted by Gasteiger charge is 2.00. The molecule has 0 spiro atoms. The summed E-state index contributed by atoms with van der Waals surface area (Å²) >= 11 is 0. The highest BCUT2D eigenvalue weighted by molar-refractivity contribution is 5.33. The largest absolute Gasteiger partial charge is 0.424 e. The number of anilines is 1. The molecule has 0 amide bonds. The van der Waals surface area contributed by atoms with Crippen molar-refractivity contribution in [2.24, 2.45) is 0 Å². The molecule has 2 rings (SSSR count). The fraction of sp³-hybridized carbons (Fsp3) is 0.167. The number of benzene rings is 1. The molecule has 0 aliphatic heterocycles. The van der Waals surface area contributed by atoms with Gasteiger partial charge in [0.25, 0.3) is 0 Å². The van der Waals surface area contributed by atoms with E-state index in [4.69, 9.17) is 15.6 Å². The van der Waals surface area contributed by atoms with Crippen molar-refractivity contribution in [3.8, 4) is 11.8 Å². The van der Waals surface area contributed by atoms with Crippen LogP contribution in [0.5, 0.6) is 11.8 Å². The normalized spacial score (nSPS) is 10.2. The first-order valence-corrected chi connectivity index (χ1v) is 5.23. The maximum Gasteiger partial charge on any atom is 0.322 e. The van der Waals surface area contributed by atoms with Crippen molar-refractivity contribution in [2.45, 2.75) is 6.42 Å². The molecule has 0 aliphatic rings. The van der Waals surface area contributed by atoms with E-state index in [9.17, 15) is 0 Å². The number of rotatable bonds is 4. The van der Waals surface area contributed by atoms with E-state index >= 15 is 0 Å². The lowest BCUT2D eigenvalue weighted by Crippen LogP contribution is -1.94. The Morgan fingerprint density at radius 1 is 1.12 bits per heavy atom. The Bertz CT molecular complexity index is 468. The molecule has 0 bridgehead atoms. The van der Waals surface area contributed by atoms with Gasteiger partial charge in [0.05, 0.1) is 18.1 Å². The monoisotopic (exact) mass is 231 g/mol. The van der Waals surface area contributed by atoms with E-state index in [1.807, 2.05) is 24.3 Å². The quantitative estimate of drug-likeness (QED) is 0.830. The van der Waals surface area contributed by atoms with Gasteiger partial charge < -0.3 is 15.6 Å². The van der Waals surface area contributed by atoms with Gasteiger partial charge in [-0.15, -0.1) is 0 Å². The maximum absolute atomic E-state index is 8.79. The molecule has 88 valence electrons. The first-order chi connectivity index (χ1) is 8.28. The second kappa shape index (κ2) is 5.27. The van der Waals surface area contributed by atoms with Gasteiger partial charge in [0.15, 0.2) is 0 Å². The molecule has 1 aromatic carbocycles. The second-order valence-electron chi connectivity index (χ2n) is 3.52. The highest BCUT2D eigenvalue weighted by Crippen LogP contribution is 2.18. The molecule has 0 saturated heterocycles. The zero-order chi connectivity index (χ0) is 12.1. The minimum absolute atomic E-state index is 0.140. The third-order valence-corrected chi connectivity index (χ3v) is 2.18. The SMILES string of the molecule is Nc1cnc(Oc2ccc(CCO)cc2)nc1. The van der Waals surface area contributed by atoms with E-state index in [2.05, 4.69) is 9.97 Å². The molecule has 17 heavy (non-hydrogen) atoms. The van der Waals surface area contributed by atoms with Crippen LogP contribution in [0.3, 0.4) is 0 Å². The summed E-state index contributed by atoms with van der Waals surface area (Å²) in [5.74, 6) is 0.650. The van der Waals surface area contributed by atoms with E-state index in [-0.39, 0.29) is 12.6 Å². The lowest BCUT2D eigenvalue weighted by atomic mass is 10.1. The molecule has 0 atom stereocenters. The number of aromatic nitrogens is 2. The van der Waals surface area contributed by atoms with E-state index < -0.39 is 0 Å². The summed E-state index contributed by atoms with van der Waals surface area (Å²) < 4.78 is 5.43. The smallest absolute Gasteiger partial charge is 0.322 e. The molecular formula is C12H13N3O2. The van der Waals surface area contributed by atoms with Gasteiger partial charge in [0.1, 0.15) is 5.75 Å². The number of nitrogens with zero attached hydrogens (tertiary/aromatic N) is 2. The summed E-state index contributed by atoms with van der Waals surface area (Å²) in [4.78, 5) is 7.87. The standard InChI is InChI=1S/C12H13N3O2/c13-10-7-14-12(15-8-10)17-11-3-1-9(2-4-11)5-6-16/h1-4,7-8,16H,5-6,13H2. The van der Waals surface area contributed by atoms with Crippen molar-refractivity contribution >= 4 is 5.69 Å². The van der Waals surface area contributed by atoms with Gasteiger partial charge in [-0.05, 0) is 24.1 Å². The minimum Gasteiger partial charge on any atom is -0.424 e. The summed E-state index contributed by atoms with van der Waals surface area (Å²) in [6.07, 6.45) is 3.61. The molecule has 0 unspecified atom stereocenters. The molecule has 0 saturated carbocycles. The van der Waals surface area contributed by atoms with Gasteiger partial charge in [-0.3, -0.25) is 0 Å². The Kier molecular flexibility index (Phi) is 3.52. The van der Waals surface area contributed by atoms with Crippen molar-refractivity contribution < 1.29 is 9.84 Å². The maximum atomic E-state index is 8.79. The van der Waals surface area contributed by atoms with Crippen LogP contribution >= 0.6 is 0 Å². The third kappa shape index (κ3) is 3.15. The highest BCUT2D eigenvalue weighted by atomic mass is 16.5. The molecule has 1 heterocycles. The Morgan fingerprint density at radius 3 is 2.35 bits per heavy atom. The fourth-order valence-corrected chi connectivity index (χ4v) is 1.34. The van der Waals surface area contributed by atoms with Crippen molar-refractivity contribution in [3.05, 3.63) is 42.2 Å². The molecule has 1 aromatic heterocycles. The number of hydrogen-bond donors (Lipinski definition) is 2. The average Bonchev–Trinajstić information content (AvgIpc) is 2.35. The van der Waals surface area contributed by atoms with Crippen LogP contribution in [0.2, 0.25) is 0 Å². The van der Waals surface area contributed by atoms with Crippen LogP contribution in [-0.2, 0) is 6.42 Å². The Labute approximate surface area is 98.9 Å². The molecule has 5 heteroatoms. The molecule has 0 radical (unpaired) electrons. The summed E-state index contributed by atoms with van der Waals surface area (Å²) in [5, 5.41) is 8.79. The topological polar surface area (TPSA) is 81.3 Å². The number of aliphatic hydroxyl groups excluding tert-OH is 1. The first-order valence-electron chi connectivity index (χ1n) is 5.23. The van der Waals surface area contributed by atoms with E-state index in [0.29, 0.717) is 17.9 Å². The molecule has 3 N–H and O–H groups in total. The Hall–Kier alpha value is -2.14. The van der Waals surface area contributed by atoms with Crippen molar-refractivity contribution in [2.75, 3.05) is 12.3 Å². The number of ether oxygens (including phenoxy) is 1. The first kappa shape index (κ1) is 11.3. The molecular weight excluding hydrogens is 218 g/mol. The summed E-state index contributed by atoms with van der Waals surface area (Å²) in [6, 6.07) is 7.66. The van der Waals surface area contributed by atoms with Crippen LogP contribution in [0.25, 0.3) is 0 Å². The van der Waals surface area contributed by atoms with Crippen molar-refractivity contribution in [1.82, 2.24) is 9.97 Å². The summed E-state index contributed by atoms with van der Waals surface area (Å²) in [7, 11) is 0. The number of aliphatic hydroxyl groups is 1. The van der Waals surface area contributed by atoms with E-state index in [1.165, 1.54) is 12.4 Å². The third-order valence-electron chi connectivity index (χ3n) is 2.18. The molecule has 2 aromatic rings. The number of nitrogens with two attached hydrogens (primary N) is 1. The molecule has 0 aliphatic carbocycles. The lowest BCUT2D eigenvalue weighted by molar-refractivity contribution is 0.299. The Morgan fingerprint density at radius 2 is 1.76 bits per heavy atom. The molecule has 0 fully saturated rings. The van der Waals surface area contributed by atoms with Gasteiger partial charge in [-0.1, -0.05) is 12.1 Å². The number of hydrogen-bond acceptors (Lipinski definition) is 5. The van der Waals surface area contributed by atoms with Gasteiger partial charge in [-0.2, -0.15) is 0 Å². The van der Waals surface area contributed by atoms with Crippen LogP contribution in [0.1, 0.15) is 5.56 Å². The predicted molar refractivity (Wildman–Crippen MR) is 63.8 cm³/mol. The molecule has 5 nitrogen and oxygen atoms in total. The van der Waals surface area contributed by atoms with Gasteiger partial charge in [0.2, 0.25) is 0 Å². The average molecular weight is 231 g/mol. The summed E-state index contributed by atoms with van der Waals surface area (Å²) in [5.41, 5.74) is 7.02. The van der Waals surface area contributed by atoms with Crippen LogP contribution in [0.4, 0.5) is 5.69 Å². The van der Waals surface area contributed by atoms with Gasteiger partial charge in [0, 0.05) is 6.61 Å². The van der Waals surface area contributed by atoms with Crippen LogP contribution in [-0.4, -0.2) is 21.7 Å². The van der Waals surface area contributed by atoms with Gasteiger partial charge >= 0.3 is 6.01 Å². The fourth-order valence-electron chi connectivity index (χ4n) is 1.34. The number of nitrogen functional groups attached to an aromatic ring is 1. The van der Waals surface area contributed by atoms with Gasteiger partial charge in [-0.25, -0.2) is 9.97 Å². The second-order valence-corrected chi connectivity index (χ2v) is 3.52. The van der Waals surface area contributed by atoms with Crippen LogP contribution < -0.4 is 10.5 Å². The predicted octanol–water partition coefficient (Wildman–Crippen LogP) is 1.39. The summed E-state index contributed by atoms with van der Waals surface area (Å²) in [6.45, 7) is 0.140. The Balaban J connectivity index is 2.05. The van der Waals surface area contributed by atoms with Crippen LogP contribution in [0.15, 0.2) is 36.7 Å². The lowest BCUT2D eigenvalue weighted by Gasteiger charge is -2.04. The zero-order valence-corrected chi connectivity index (χ0v) is 9.21. The minimum atomic E-state index is 0.140. The van der Waals surface area contributed by atoms with Crippen LogP contribution in [0, 0.1) is 0 Å².